The van der Waals surface area contributed by atoms with E-state index in [4.69, 9.17) is 4.74 Å². The van der Waals surface area contributed by atoms with Crippen LogP contribution in [-0.2, 0) is 4.74 Å². The van der Waals surface area contributed by atoms with Crippen molar-refractivity contribution in [2.24, 2.45) is 0 Å². The fraction of sp³-hybridized carbons (Fsp3) is 1.00. The maximum atomic E-state index is 5.95. The molecular formula is C11H22N2O. The zero-order chi connectivity index (χ0) is 10.2. The van der Waals surface area contributed by atoms with Crippen LogP contribution in [0, 0.1) is 0 Å². The lowest BCUT2D eigenvalue weighted by Gasteiger charge is -2.46. The number of hydrogen-bond donors (Lipinski definition) is 1. The van der Waals surface area contributed by atoms with Gasteiger partial charge in [-0.05, 0) is 33.7 Å². The van der Waals surface area contributed by atoms with Gasteiger partial charge >= 0.3 is 0 Å². The van der Waals surface area contributed by atoms with Gasteiger partial charge in [-0.25, -0.2) is 0 Å². The van der Waals surface area contributed by atoms with E-state index >= 15 is 0 Å². The average molecular weight is 198 g/mol. The first kappa shape index (κ1) is 10.4. The molecule has 0 aromatic heterocycles. The number of nitrogens with zero attached hydrogens (tertiary/aromatic N) is 1. The summed E-state index contributed by atoms with van der Waals surface area (Å²) >= 11 is 0. The van der Waals surface area contributed by atoms with Gasteiger partial charge in [0.05, 0.1) is 12.2 Å². The third-order valence-electron chi connectivity index (χ3n) is 3.40. The molecule has 2 saturated heterocycles. The molecule has 2 aliphatic rings. The van der Waals surface area contributed by atoms with E-state index in [1.807, 2.05) is 0 Å². The zero-order valence-electron chi connectivity index (χ0n) is 9.60. The second-order valence-corrected chi connectivity index (χ2v) is 5.55. The fourth-order valence-corrected chi connectivity index (χ4v) is 2.40. The van der Waals surface area contributed by atoms with Gasteiger partial charge in [-0.15, -0.1) is 0 Å². The molecule has 14 heavy (non-hydrogen) atoms. The first-order chi connectivity index (χ1) is 6.52. The van der Waals surface area contributed by atoms with Gasteiger partial charge in [-0.3, -0.25) is 4.90 Å². The van der Waals surface area contributed by atoms with E-state index in [0.29, 0.717) is 0 Å². The molecule has 0 bridgehead atoms. The van der Waals surface area contributed by atoms with Crippen molar-refractivity contribution in [3.8, 4) is 0 Å². The molecule has 0 aromatic rings. The third kappa shape index (κ3) is 1.95. The van der Waals surface area contributed by atoms with Gasteiger partial charge in [0, 0.05) is 25.2 Å². The lowest BCUT2D eigenvalue weighted by molar-refractivity contribution is -0.117. The van der Waals surface area contributed by atoms with Gasteiger partial charge in [0.2, 0.25) is 0 Å². The SMILES string of the molecule is CC(C)(C)N1CCOC2(CCNC2)C1. The monoisotopic (exact) mass is 198 g/mol. The van der Waals surface area contributed by atoms with Gasteiger partial charge in [-0.2, -0.15) is 0 Å². The lowest BCUT2D eigenvalue weighted by atomic mass is 9.96. The molecule has 3 nitrogen and oxygen atoms in total. The molecule has 2 heterocycles. The number of rotatable bonds is 0. The normalized spacial score (nSPS) is 35.4. The average Bonchev–Trinajstić information content (AvgIpc) is 2.52. The van der Waals surface area contributed by atoms with Crippen molar-refractivity contribution in [2.45, 2.75) is 38.3 Å². The van der Waals surface area contributed by atoms with E-state index in [1.165, 1.54) is 6.42 Å². The van der Waals surface area contributed by atoms with Crippen molar-refractivity contribution in [2.75, 3.05) is 32.8 Å². The second kappa shape index (κ2) is 3.47. The molecule has 1 spiro atoms. The number of ether oxygens (including phenoxy) is 1. The third-order valence-corrected chi connectivity index (χ3v) is 3.40. The maximum Gasteiger partial charge on any atom is 0.0945 e. The highest BCUT2D eigenvalue weighted by Gasteiger charge is 2.41. The molecule has 0 aliphatic carbocycles. The van der Waals surface area contributed by atoms with E-state index in [1.54, 1.807) is 0 Å². The summed E-state index contributed by atoms with van der Waals surface area (Å²) in [6.07, 6.45) is 1.17. The number of morpholine rings is 1. The number of nitrogens with one attached hydrogen (secondary N) is 1. The second-order valence-electron chi connectivity index (χ2n) is 5.55. The van der Waals surface area contributed by atoms with Gasteiger partial charge in [0.15, 0.2) is 0 Å². The van der Waals surface area contributed by atoms with Crippen LogP contribution in [-0.4, -0.2) is 48.8 Å². The van der Waals surface area contributed by atoms with E-state index in [2.05, 4.69) is 31.0 Å². The summed E-state index contributed by atoms with van der Waals surface area (Å²) in [5.41, 5.74) is 0.394. The van der Waals surface area contributed by atoms with Crippen LogP contribution >= 0.6 is 0 Å². The van der Waals surface area contributed by atoms with Crippen LogP contribution in [0.25, 0.3) is 0 Å². The Kier molecular flexibility index (Phi) is 2.58. The van der Waals surface area contributed by atoms with Crippen LogP contribution in [0.15, 0.2) is 0 Å². The molecule has 0 saturated carbocycles. The summed E-state index contributed by atoms with van der Waals surface area (Å²) in [6.45, 7) is 12.0. The van der Waals surface area contributed by atoms with Crippen molar-refractivity contribution < 1.29 is 4.74 Å². The van der Waals surface area contributed by atoms with Crippen molar-refractivity contribution in [3.63, 3.8) is 0 Å². The highest BCUT2D eigenvalue weighted by atomic mass is 16.5. The lowest BCUT2D eigenvalue weighted by Crippen LogP contribution is -2.58. The van der Waals surface area contributed by atoms with Crippen LogP contribution in [0.2, 0.25) is 0 Å². The summed E-state index contributed by atoms with van der Waals surface area (Å²) in [5.74, 6) is 0. The Morgan fingerprint density at radius 3 is 2.71 bits per heavy atom. The molecule has 2 aliphatic heterocycles. The van der Waals surface area contributed by atoms with Gasteiger partial charge in [0.1, 0.15) is 0 Å². The molecular weight excluding hydrogens is 176 g/mol. The molecule has 1 N–H and O–H groups in total. The van der Waals surface area contributed by atoms with Gasteiger partial charge < -0.3 is 10.1 Å². The van der Waals surface area contributed by atoms with E-state index in [0.717, 1.165) is 32.8 Å². The number of hydrogen-bond acceptors (Lipinski definition) is 3. The Hall–Kier alpha value is -0.120. The Morgan fingerprint density at radius 2 is 2.14 bits per heavy atom. The molecule has 1 unspecified atom stereocenters. The van der Waals surface area contributed by atoms with Crippen LogP contribution in [0.5, 0.6) is 0 Å². The topological polar surface area (TPSA) is 24.5 Å². The van der Waals surface area contributed by atoms with E-state index in [-0.39, 0.29) is 11.1 Å². The van der Waals surface area contributed by atoms with Crippen molar-refractivity contribution in [3.05, 3.63) is 0 Å². The predicted molar refractivity (Wildman–Crippen MR) is 57.5 cm³/mol. The first-order valence-electron chi connectivity index (χ1n) is 5.62. The van der Waals surface area contributed by atoms with Crippen LogP contribution in [0.3, 0.4) is 0 Å². The van der Waals surface area contributed by atoms with Crippen LogP contribution in [0.4, 0.5) is 0 Å². The van der Waals surface area contributed by atoms with Gasteiger partial charge in [-0.1, -0.05) is 0 Å². The minimum Gasteiger partial charge on any atom is -0.371 e. The van der Waals surface area contributed by atoms with Crippen molar-refractivity contribution >= 4 is 0 Å². The largest absolute Gasteiger partial charge is 0.371 e. The summed E-state index contributed by atoms with van der Waals surface area (Å²) in [7, 11) is 0. The quantitative estimate of drug-likeness (QED) is 0.624. The standard InChI is InChI=1S/C11H22N2O/c1-10(2,3)13-6-7-14-11(9-13)4-5-12-8-11/h12H,4-9H2,1-3H3. The van der Waals surface area contributed by atoms with E-state index in [9.17, 15) is 0 Å². The summed E-state index contributed by atoms with van der Waals surface area (Å²) < 4.78 is 5.95. The van der Waals surface area contributed by atoms with Gasteiger partial charge in [0.25, 0.3) is 0 Å². The summed E-state index contributed by atoms with van der Waals surface area (Å²) in [4.78, 5) is 2.55. The maximum absolute atomic E-state index is 5.95. The molecule has 2 rings (SSSR count). The van der Waals surface area contributed by atoms with E-state index < -0.39 is 0 Å². The molecule has 82 valence electrons. The molecule has 0 amide bonds. The van der Waals surface area contributed by atoms with Crippen LogP contribution in [0.1, 0.15) is 27.2 Å². The Morgan fingerprint density at radius 1 is 1.36 bits per heavy atom. The van der Waals surface area contributed by atoms with Crippen LogP contribution < -0.4 is 5.32 Å². The van der Waals surface area contributed by atoms with Crippen molar-refractivity contribution in [1.29, 1.82) is 0 Å². The Bertz CT molecular complexity index is 204. The molecule has 2 fully saturated rings. The molecule has 0 aromatic carbocycles. The summed E-state index contributed by atoms with van der Waals surface area (Å²) in [5, 5.41) is 3.40. The Balaban J connectivity index is 2.03. The Labute approximate surface area is 86.8 Å². The molecule has 1 atom stereocenters. The first-order valence-corrected chi connectivity index (χ1v) is 5.62. The van der Waals surface area contributed by atoms with Crippen molar-refractivity contribution in [1.82, 2.24) is 10.2 Å². The smallest absolute Gasteiger partial charge is 0.0945 e. The highest BCUT2D eigenvalue weighted by molar-refractivity contribution is 4.97. The minimum absolute atomic E-state index is 0.117. The minimum atomic E-state index is 0.117. The summed E-state index contributed by atoms with van der Waals surface area (Å²) in [6, 6.07) is 0. The predicted octanol–water partition coefficient (Wildman–Crippen LogP) is 0.849. The molecule has 0 radical (unpaired) electrons. The zero-order valence-corrected chi connectivity index (χ0v) is 9.60. The molecule has 3 heteroatoms. The fourth-order valence-electron chi connectivity index (χ4n) is 2.40. The highest BCUT2D eigenvalue weighted by Crippen LogP contribution is 2.28.